The Hall–Kier alpha value is -3.04. The highest BCUT2D eigenvalue weighted by atomic mass is 19.4. The van der Waals surface area contributed by atoms with Gasteiger partial charge in [0.05, 0.1) is 5.56 Å². The van der Waals surface area contributed by atoms with Crippen LogP contribution < -0.4 is 4.74 Å². The number of alkyl halides is 6. The summed E-state index contributed by atoms with van der Waals surface area (Å²) in [5.74, 6) is 0.0152. The van der Waals surface area contributed by atoms with Gasteiger partial charge in [-0.25, -0.2) is 0 Å². The van der Waals surface area contributed by atoms with Crippen molar-refractivity contribution >= 4 is 0 Å². The molecule has 2 unspecified atom stereocenters. The molecule has 214 valence electrons. The smallest absolute Gasteiger partial charge is 0.406 e. The molecule has 0 saturated carbocycles. The molecule has 0 N–H and O–H groups in total. The summed E-state index contributed by atoms with van der Waals surface area (Å²) in [5.41, 5.74) is 2.93. The van der Waals surface area contributed by atoms with Crippen LogP contribution in [0, 0.1) is 6.92 Å². The Morgan fingerprint density at radius 3 is 2.17 bits per heavy atom. The van der Waals surface area contributed by atoms with Gasteiger partial charge in [-0.1, -0.05) is 60.2 Å². The molecule has 3 aromatic carbocycles. The van der Waals surface area contributed by atoms with Crippen LogP contribution in [0.4, 0.5) is 26.3 Å². The van der Waals surface area contributed by atoms with E-state index in [9.17, 15) is 26.3 Å². The van der Waals surface area contributed by atoms with Crippen LogP contribution in [-0.4, -0.2) is 41.8 Å². The van der Waals surface area contributed by atoms with Gasteiger partial charge in [0.15, 0.2) is 0 Å². The number of hydrogen-bond acceptors (Lipinski definition) is 3. The van der Waals surface area contributed by atoms with E-state index in [1.54, 1.807) is 24.3 Å². The monoisotopic (exact) mass is 562 g/mol. The standard InChI is InChI=1S/C31H32F6N2O/c1-21-5-4-7-24(17-21)29-18-26(39(29)19-25-6-2-3-8-28(25)30(32,33)34)20-38-15-13-23(14-16-38)22-9-11-27(12-10-22)40-31(35,36)37/h2-12,17,23,26,29H,13-16,18-20H2,1H3. The second kappa shape index (κ2) is 11.4. The molecule has 2 heterocycles. The van der Waals surface area contributed by atoms with Crippen LogP contribution in [0.15, 0.2) is 72.8 Å². The zero-order valence-corrected chi connectivity index (χ0v) is 22.2. The molecule has 2 saturated heterocycles. The van der Waals surface area contributed by atoms with Gasteiger partial charge in [-0.3, -0.25) is 4.90 Å². The van der Waals surface area contributed by atoms with Crippen molar-refractivity contribution in [1.82, 2.24) is 9.80 Å². The SMILES string of the molecule is Cc1cccc(C2CC(CN3CCC(c4ccc(OC(F)(F)F)cc4)CC3)N2Cc2ccccc2C(F)(F)F)c1. The van der Waals surface area contributed by atoms with Crippen molar-refractivity contribution in [3.8, 4) is 5.75 Å². The Morgan fingerprint density at radius 1 is 0.825 bits per heavy atom. The molecule has 5 rings (SSSR count). The molecule has 2 atom stereocenters. The van der Waals surface area contributed by atoms with Crippen LogP contribution in [0.1, 0.15) is 59.0 Å². The Morgan fingerprint density at radius 2 is 1.52 bits per heavy atom. The lowest BCUT2D eigenvalue weighted by Crippen LogP contribution is -2.55. The third-order valence-electron chi connectivity index (χ3n) is 8.11. The number of likely N-dealkylation sites (tertiary alicyclic amines) is 2. The summed E-state index contributed by atoms with van der Waals surface area (Å²) >= 11 is 0. The minimum Gasteiger partial charge on any atom is -0.406 e. The number of nitrogens with zero attached hydrogens (tertiary/aromatic N) is 2. The Labute approximate surface area is 230 Å². The number of benzene rings is 3. The van der Waals surface area contributed by atoms with E-state index in [4.69, 9.17) is 0 Å². The summed E-state index contributed by atoms with van der Waals surface area (Å²) in [6, 6.07) is 20.3. The maximum Gasteiger partial charge on any atom is 0.573 e. The van der Waals surface area contributed by atoms with Gasteiger partial charge in [-0.15, -0.1) is 13.2 Å². The van der Waals surface area contributed by atoms with Crippen molar-refractivity contribution in [3.63, 3.8) is 0 Å². The van der Waals surface area contributed by atoms with Crippen LogP contribution in [0.25, 0.3) is 0 Å². The summed E-state index contributed by atoms with van der Waals surface area (Å²) in [6.45, 7) is 4.65. The molecule has 0 aliphatic carbocycles. The second-order valence-corrected chi connectivity index (χ2v) is 10.8. The van der Waals surface area contributed by atoms with Gasteiger partial charge in [0, 0.05) is 25.2 Å². The average Bonchev–Trinajstić information content (AvgIpc) is 2.89. The first-order valence-electron chi connectivity index (χ1n) is 13.5. The molecule has 0 amide bonds. The van der Waals surface area contributed by atoms with Gasteiger partial charge in [-0.05, 0) is 80.1 Å². The van der Waals surface area contributed by atoms with Gasteiger partial charge in [0.1, 0.15) is 5.75 Å². The summed E-state index contributed by atoms with van der Waals surface area (Å²) < 4.78 is 82.6. The van der Waals surface area contributed by atoms with Crippen LogP contribution >= 0.6 is 0 Å². The lowest BCUT2D eigenvalue weighted by atomic mass is 9.84. The number of aryl methyl sites for hydroxylation is 1. The fourth-order valence-electron chi connectivity index (χ4n) is 6.09. The lowest BCUT2D eigenvalue weighted by molar-refractivity contribution is -0.274. The van der Waals surface area contributed by atoms with Crippen molar-refractivity contribution in [2.75, 3.05) is 19.6 Å². The first-order valence-corrected chi connectivity index (χ1v) is 13.5. The van der Waals surface area contributed by atoms with Crippen LogP contribution in [0.2, 0.25) is 0 Å². The van der Waals surface area contributed by atoms with Crippen molar-refractivity contribution in [1.29, 1.82) is 0 Å². The molecular formula is C31H32F6N2O. The van der Waals surface area contributed by atoms with E-state index < -0.39 is 18.1 Å². The van der Waals surface area contributed by atoms with Crippen LogP contribution in [0.3, 0.4) is 0 Å². The summed E-state index contributed by atoms with van der Waals surface area (Å²) in [5, 5.41) is 0. The van der Waals surface area contributed by atoms with E-state index in [-0.39, 0.29) is 35.9 Å². The summed E-state index contributed by atoms with van der Waals surface area (Å²) in [7, 11) is 0. The number of hydrogen-bond donors (Lipinski definition) is 0. The first-order chi connectivity index (χ1) is 19.0. The molecule has 3 nitrogen and oxygen atoms in total. The van der Waals surface area contributed by atoms with Crippen molar-refractivity contribution < 1.29 is 31.1 Å². The molecule has 2 aliphatic heterocycles. The van der Waals surface area contributed by atoms with E-state index in [1.807, 2.05) is 25.1 Å². The summed E-state index contributed by atoms with van der Waals surface area (Å²) in [4.78, 5) is 4.56. The molecule has 40 heavy (non-hydrogen) atoms. The van der Waals surface area contributed by atoms with E-state index >= 15 is 0 Å². The van der Waals surface area contributed by atoms with Gasteiger partial charge in [0.2, 0.25) is 0 Å². The Bertz CT molecular complexity index is 1280. The average molecular weight is 563 g/mol. The minimum absolute atomic E-state index is 0.0566. The fraction of sp³-hybridized carbons (Fsp3) is 0.419. The number of rotatable bonds is 7. The first kappa shape index (κ1) is 28.5. The van der Waals surface area contributed by atoms with Crippen LogP contribution in [0.5, 0.6) is 5.75 Å². The van der Waals surface area contributed by atoms with Crippen LogP contribution in [-0.2, 0) is 12.7 Å². The van der Waals surface area contributed by atoms with E-state index in [2.05, 4.69) is 20.6 Å². The topological polar surface area (TPSA) is 15.7 Å². The summed E-state index contributed by atoms with van der Waals surface area (Å²) in [6.07, 6.45) is -6.52. The third-order valence-corrected chi connectivity index (χ3v) is 8.11. The van der Waals surface area contributed by atoms with Gasteiger partial charge >= 0.3 is 12.5 Å². The van der Waals surface area contributed by atoms with Gasteiger partial charge in [-0.2, -0.15) is 13.2 Å². The number of halogens is 6. The molecule has 2 aliphatic rings. The Balaban J connectivity index is 1.24. The highest BCUT2D eigenvalue weighted by Gasteiger charge is 2.42. The maximum absolute atomic E-state index is 13.8. The largest absolute Gasteiger partial charge is 0.573 e. The normalized spacial score (nSPS) is 21.3. The maximum atomic E-state index is 13.8. The Kier molecular flexibility index (Phi) is 8.15. The van der Waals surface area contributed by atoms with Crippen molar-refractivity contribution in [3.05, 3.63) is 101 Å². The molecule has 0 bridgehead atoms. The number of ether oxygens (including phenoxy) is 1. The van der Waals surface area contributed by atoms with Crippen molar-refractivity contribution in [2.24, 2.45) is 0 Å². The zero-order valence-electron chi connectivity index (χ0n) is 22.2. The van der Waals surface area contributed by atoms with Crippen molar-refractivity contribution in [2.45, 2.75) is 63.3 Å². The van der Waals surface area contributed by atoms with Gasteiger partial charge in [0.25, 0.3) is 0 Å². The minimum atomic E-state index is -4.71. The predicted octanol–water partition coefficient (Wildman–Crippen LogP) is 8.11. The van der Waals surface area contributed by atoms with E-state index in [0.29, 0.717) is 0 Å². The molecule has 3 aromatic rings. The molecule has 9 heteroatoms. The highest BCUT2D eigenvalue weighted by molar-refractivity contribution is 5.33. The van der Waals surface area contributed by atoms with Gasteiger partial charge < -0.3 is 9.64 Å². The number of piperidine rings is 1. The molecule has 2 fully saturated rings. The third kappa shape index (κ3) is 6.81. The highest BCUT2D eigenvalue weighted by Crippen LogP contribution is 2.43. The quantitative estimate of drug-likeness (QED) is 0.271. The second-order valence-electron chi connectivity index (χ2n) is 10.8. The molecule has 0 radical (unpaired) electrons. The molecule has 0 aromatic heterocycles. The molecule has 0 spiro atoms. The van der Waals surface area contributed by atoms with E-state index in [1.165, 1.54) is 18.2 Å². The van der Waals surface area contributed by atoms with E-state index in [0.717, 1.165) is 61.7 Å². The predicted molar refractivity (Wildman–Crippen MR) is 141 cm³/mol. The molecular weight excluding hydrogens is 530 g/mol. The zero-order chi connectivity index (χ0) is 28.5. The fourth-order valence-corrected chi connectivity index (χ4v) is 6.09. The lowest BCUT2D eigenvalue weighted by Gasteiger charge is -2.51.